The summed E-state index contributed by atoms with van der Waals surface area (Å²) in [4.78, 5) is 58.4. The van der Waals surface area contributed by atoms with Gasteiger partial charge in [0.15, 0.2) is 0 Å². The van der Waals surface area contributed by atoms with Crippen LogP contribution in [-0.4, -0.2) is 45.2 Å². The van der Waals surface area contributed by atoms with Gasteiger partial charge in [0.1, 0.15) is 5.75 Å². The molecule has 4 aliphatic rings. The molecule has 3 aromatic carbocycles. The van der Waals surface area contributed by atoms with Crippen LogP contribution in [0.2, 0.25) is 5.02 Å². The van der Waals surface area contributed by atoms with Crippen molar-refractivity contribution in [3.63, 3.8) is 0 Å². The molecular weight excluding hydrogens is 590 g/mol. The quantitative estimate of drug-likeness (QED) is 0.268. The molecule has 2 saturated heterocycles. The van der Waals surface area contributed by atoms with Crippen LogP contribution < -0.4 is 5.43 Å². The average Bonchev–Trinajstić information content (AvgIpc) is 3.41. The van der Waals surface area contributed by atoms with Crippen LogP contribution in [0.1, 0.15) is 48.8 Å². The van der Waals surface area contributed by atoms with Gasteiger partial charge in [-0.15, -0.1) is 0 Å². The van der Waals surface area contributed by atoms with Gasteiger partial charge in [-0.2, -0.15) is 5.01 Å². The van der Waals surface area contributed by atoms with Crippen molar-refractivity contribution in [3.05, 3.63) is 106 Å². The third-order valence-electron chi connectivity index (χ3n) is 10.2. The number of aromatic hydroxyl groups is 1. The third kappa shape index (κ3) is 4.26. The minimum Gasteiger partial charge on any atom is -0.508 e. The number of hydrazine groups is 1. The first kappa shape index (κ1) is 29.3. The van der Waals surface area contributed by atoms with Gasteiger partial charge in [0, 0.05) is 23.0 Å². The molecule has 0 bridgehead atoms. The molecule has 0 radical (unpaired) electrons. The summed E-state index contributed by atoms with van der Waals surface area (Å²) in [7, 11) is 0. The molecule has 0 aromatic heterocycles. The van der Waals surface area contributed by atoms with Gasteiger partial charge < -0.3 is 5.11 Å². The number of phenolic OH excluding ortho intramolecular Hbond substituents is 1. The van der Waals surface area contributed by atoms with Crippen molar-refractivity contribution >= 4 is 40.9 Å². The number of hydrogen-bond donors (Lipinski definition) is 2. The summed E-state index contributed by atoms with van der Waals surface area (Å²) in [6, 6.07) is 21.4. The van der Waals surface area contributed by atoms with Crippen LogP contribution in [0.4, 0.5) is 5.69 Å². The van der Waals surface area contributed by atoms with E-state index in [0.717, 1.165) is 16.1 Å². The van der Waals surface area contributed by atoms with Gasteiger partial charge in [0.2, 0.25) is 11.8 Å². The number of anilines is 1. The lowest BCUT2D eigenvalue weighted by atomic mass is 9.49. The second-order valence-electron chi connectivity index (χ2n) is 12.6. The fourth-order valence-corrected chi connectivity index (χ4v) is 8.54. The molecule has 45 heavy (non-hydrogen) atoms. The number of benzene rings is 3. The minimum absolute atomic E-state index is 0.0613. The molecule has 8 nitrogen and oxygen atoms in total. The smallest absolute Gasteiger partial charge is 0.260 e. The number of nitrogens with zero attached hydrogens (tertiary/aromatic N) is 2. The molecule has 2 N–H and O–H groups in total. The molecule has 2 heterocycles. The zero-order valence-electron chi connectivity index (χ0n) is 25.1. The van der Waals surface area contributed by atoms with Crippen LogP contribution in [0.25, 0.3) is 0 Å². The summed E-state index contributed by atoms with van der Waals surface area (Å²) in [5.41, 5.74) is 5.06. The number of imide groups is 2. The number of hydrogen-bond acceptors (Lipinski definition) is 6. The Morgan fingerprint density at radius 2 is 1.67 bits per heavy atom. The van der Waals surface area contributed by atoms with Crippen molar-refractivity contribution in [1.29, 1.82) is 0 Å². The fraction of sp³-hybridized carbons (Fsp3) is 0.333. The highest BCUT2D eigenvalue weighted by molar-refractivity contribution is 6.30. The molecular formula is C36H34ClN3O5. The Kier molecular flexibility index (Phi) is 7.08. The van der Waals surface area contributed by atoms with Crippen molar-refractivity contribution in [1.82, 2.24) is 9.91 Å². The third-order valence-corrected chi connectivity index (χ3v) is 10.5. The van der Waals surface area contributed by atoms with Gasteiger partial charge in [-0.3, -0.25) is 29.5 Å². The summed E-state index contributed by atoms with van der Waals surface area (Å²) in [5.74, 6) is -4.71. The van der Waals surface area contributed by atoms with E-state index in [1.165, 1.54) is 11.0 Å². The molecule has 4 amide bonds. The first-order chi connectivity index (χ1) is 21.7. The van der Waals surface area contributed by atoms with Crippen LogP contribution >= 0.6 is 11.6 Å². The Balaban J connectivity index is 1.46. The standard InChI is InChI=1S/C36H34ClN3O5/c1-3-17-39-32(42)25-15-14-24-26(30(25)34(39)44)19-28-33(43)40(38-23-12-9-20(2)10-13-23)35(45)36(28,21-7-5-4-6-8-21)31(24)27-18-22(37)11-16-29(27)41/h4-14,16,18,25-26,28,30-31,38,41H,3,15,17,19H2,1-2H3/t25-,26+,28-,30-,31+,36+/m0/s1. The number of rotatable bonds is 6. The molecule has 0 spiro atoms. The van der Waals surface area contributed by atoms with E-state index >= 15 is 4.79 Å². The molecule has 3 fully saturated rings. The maximum atomic E-state index is 15.1. The summed E-state index contributed by atoms with van der Waals surface area (Å²) < 4.78 is 0. The normalized spacial score (nSPS) is 29.0. The number of carbonyl (C=O) groups is 4. The topological polar surface area (TPSA) is 107 Å². The molecule has 0 unspecified atom stereocenters. The lowest BCUT2D eigenvalue weighted by molar-refractivity contribution is -0.141. The van der Waals surface area contributed by atoms with Gasteiger partial charge in [-0.25, -0.2) is 0 Å². The monoisotopic (exact) mass is 623 g/mol. The summed E-state index contributed by atoms with van der Waals surface area (Å²) in [5, 5.41) is 12.9. The first-order valence-corrected chi connectivity index (χ1v) is 15.9. The number of aryl methyl sites for hydroxylation is 1. The number of amides is 4. The molecule has 7 rings (SSSR count). The predicted octanol–water partition coefficient (Wildman–Crippen LogP) is 5.75. The Morgan fingerprint density at radius 3 is 2.38 bits per heavy atom. The van der Waals surface area contributed by atoms with E-state index in [1.807, 2.05) is 74.5 Å². The van der Waals surface area contributed by atoms with E-state index in [2.05, 4.69) is 5.43 Å². The second kappa shape index (κ2) is 10.9. The van der Waals surface area contributed by atoms with Crippen molar-refractivity contribution in [3.8, 4) is 5.75 Å². The Morgan fingerprint density at radius 1 is 0.933 bits per heavy atom. The highest BCUT2D eigenvalue weighted by Gasteiger charge is 2.70. The number of halogens is 1. The zero-order chi connectivity index (χ0) is 31.6. The van der Waals surface area contributed by atoms with Gasteiger partial charge in [-0.05, 0) is 68.0 Å². The van der Waals surface area contributed by atoms with E-state index in [4.69, 9.17) is 11.6 Å². The van der Waals surface area contributed by atoms with E-state index in [0.29, 0.717) is 41.2 Å². The maximum Gasteiger partial charge on any atom is 0.260 e. The van der Waals surface area contributed by atoms with Gasteiger partial charge in [0.25, 0.3) is 11.8 Å². The highest BCUT2D eigenvalue weighted by Crippen LogP contribution is 2.65. The van der Waals surface area contributed by atoms with E-state index in [1.54, 1.807) is 12.1 Å². The van der Waals surface area contributed by atoms with Gasteiger partial charge in [-0.1, -0.05) is 78.2 Å². The number of likely N-dealkylation sites (tertiary alicyclic amines) is 1. The van der Waals surface area contributed by atoms with E-state index < -0.39 is 46.8 Å². The number of phenols is 1. The fourth-order valence-electron chi connectivity index (χ4n) is 8.36. The largest absolute Gasteiger partial charge is 0.508 e. The number of carbonyl (C=O) groups excluding carboxylic acids is 4. The highest BCUT2D eigenvalue weighted by atomic mass is 35.5. The van der Waals surface area contributed by atoms with E-state index in [-0.39, 0.29) is 24.0 Å². The summed E-state index contributed by atoms with van der Waals surface area (Å²) in [6.45, 7) is 4.22. The number of nitrogens with one attached hydrogen (secondary N) is 1. The predicted molar refractivity (Wildman–Crippen MR) is 169 cm³/mol. The number of fused-ring (bicyclic) bond motifs is 4. The van der Waals surface area contributed by atoms with Crippen molar-refractivity contribution < 1.29 is 24.3 Å². The molecule has 2 aliphatic carbocycles. The van der Waals surface area contributed by atoms with Crippen LogP contribution in [0.15, 0.2) is 84.4 Å². The SMILES string of the molecule is CCCN1C(=O)[C@H]2[C@H](CC=C3[C@H]2C[C@H]2C(=O)N(Nc4ccc(C)cc4)C(=O)[C@@]2(c2ccccc2)[C@H]3c2cc(Cl)ccc2O)C1=O. The molecule has 230 valence electrons. The summed E-state index contributed by atoms with van der Waals surface area (Å²) >= 11 is 6.53. The maximum absolute atomic E-state index is 15.1. The van der Waals surface area contributed by atoms with Crippen LogP contribution in [0.3, 0.4) is 0 Å². The second-order valence-corrected chi connectivity index (χ2v) is 13.1. The van der Waals surface area contributed by atoms with Gasteiger partial charge >= 0.3 is 0 Å². The molecule has 9 heteroatoms. The van der Waals surface area contributed by atoms with Crippen LogP contribution in [0.5, 0.6) is 5.75 Å². The first-order valence-electron chi connectivity index (χ1n) is 15.5. The zero-order valence-corrected chi connectivity index (χ0v) is 25.8. The van der Waals surface area contributed by atoms with E-state index in [9.17, 15) is 19.5 Å². The lowest BCUT2D eigenvalue weighted by Crippen LogP contribution is -2.53. The Bertz CT molecular complexity index is 1760. The van der Waals surface area contributed by atoms with Crippen molar-refractivity contribution in [2.45, 2.75) is 44.4 Å². The van der Waals surface area contributed by atoms with Crippen LogP contribution in [0, 0.1) is 30.6 Å². The molecule has 3 aromatic rings. The molecule has 1 saturated carbocycles. The number of allylic oxidation sites excluding steroid dienone is 2. The van der Waals surface area contributed by atoms with Gasteiger partial charge in [0.05, 0.1) is 28.9 Å². The van der Waals surface area contributed by atoms with Crippen molar-refractivity contribution in [2.75, 3.05) is 12.0 Å². The van der Waals surface area contributed by atoms with Crippen LogP contribution in [-0.2, 0) is 24.6 Å². The summed E-state index contributed by atoms with van der Waals surface area (Å²) in [6.07, 6.45) is 3.16. The minimum atomic E-state index is -1.46. The lowest BCUT2D eigenvalue weighted by Gasteiger charge is -2.50. The Labute approximate surface area is 266 Å². The molecule has 2 aliphatic heterocycles. The van der Waals surface area contributed by atoms with Crippen molar-refractivity contribution in [2.24, 2.45) is 23.7 Å². The average molecular weight is 624 g/mol. The molecule has 6 atom stereocenters. The Hall–Kier alpha value is -4.43.